The van der Waals surface area contributed by atoms with Gasteiger partial charge >= 0.3 is 0 Å². The number of carbonyl (C=O) groups is 2. The number of benzene rings is 1. The molecule has 3 atom stereocenters. The van der Waals surface area contributed by atoms with E-state index in [4.69, 9.17) is 0 Å². The quantitative estimate of drug-likeness (QED) is 0.697. The fourth-order valence-electron chi connectivity index (χ4n) is 3.29. The largest absolute Gasteiger partial charge is 0.380 e. The van der Waals surface area contributed by atoms with Crippen LogP contribution in [0.2, 0.25) is 0 Å². The zero-order chi connectivity index (χ0) is 20.1. The molecule has 0 radical (unpaired) electrons. The Bertz CT molecular complexity index is 804. The average molecular weight is 383 g/mol. The maximum Gasteiger partial charge on any atom is 0.254 e. The number of carbonyl (C=O) groups excluding carboxylic acids is 2. The molecule has 1 aliphatic rings. The highest BCUT2D eigenvalue weighted by Crippen LogP contribution is 2.21. The molecule has 7 nitrogen and oxygen atoms in total. The molecule has 3 rings (SSSR count). The molecule has 2 amide bonds. The van der Waals surface area contributed by atoms with Crippen LogP contribution in [0.4, 0.5) is 0 Å². The first kappa shape index (κ1) is 20.0. The molecule has 0 spiro atoms. The van der Waals surface area contributed by atoms with Crippen LogP contribution < -0.4 is 5.32 Å². The van der Waals surface area contributed by atoms with E-state index in [2.05, 4.69) is 10.3 Å². The number of nitrogens with zero attached hydrogens (tertiary/aromatic N) is 2. The van der Waals surface area contributed by atoms with Crippen molar-refractivity contribution in [3.63, 3.8) is 0 Å². The van der Waals surface area contributed by atoms with Gasteiger partial charge in [0.15, 0.2) is 12.2 Å². The third kappa shape index (κ3) is 4.55. The van der Waals surface area contributed by atoms with Gasteiger partial charge in [0, 0.05) is 25.5 Å². The van der Waals surface area contributed by atoms with Gasteiger partial charge in [0.05, 0.1) is 6.04 Å². The summed E-state index contributed by atoms with van der Waals surface area (Å²) in [6, 6.07) is 11.1. The van der Waals surface area contributed by atoms with Crippen LogP contribution in [0.5, 0.6) is 0 Å². The van der Waals surface area contributed by atoms with Gasteiger partial charge in [0.1, 0.15) is 0 Å². The lowest BCUT2D eigenvalue weighted by Crippen LogP contribution is -2.50. The lowest BCUT2D eigenvalue weighted by atomic mass is 10.0. The molecule has 7 heteroatoms. The van der Waals surface area contributed by atoms with Crippen LogP contribution in [0, 0.1) is 0 Å². The predicted octanol–water partition coefficient (Wildman–Crippen LogP) is 1.27. The van der Waals surface area contributed by atoms with Crippen LogP contribution in [0.1, 0.15) is 31.4 Å². The summed E-state index contributed by atoms with van der Waals surface area (Å²) in [6.07, 6.45) is 1.64. The number of aliphatic hydroxyl groups is 2. The Morgan fingerprint density at radius 1 is 0.964 bits per heavy atom. The van der Waals surface area contributed by atoms with Gasteiger partial charge in [-0.15, -0.1) is 0 Å². The van der Waals surface area contributed by atoms with Crippen LogP contribution >= 0.6 is 0 Å². The molecule has 2 aromatic rings. The van der Waals surface area contributed by atoms with E-state index in [1.54, 1.807) is 19.3 Å². The van der Waals surface area contributed by atoms with Crippen LogP contribution in [0.25, 0.3) is 11.1 Å². The third-order valence-electron chi connectivity index (χ3n) is 5.02. The molecular weight excluding hydrogens is 358 g/mol. The minimum Gasteiger partial charge on any atom is -0.380 e. The highest BCUT2D eigenvalue weighted by atomic mass is 16.3. The zero-order valence-corrected chi connectivity index (χ0v) is 15.8. The summed E-state index contributed by atoms with van der Waals surface area (Å²) in [5, 5.41) is 22.8. The second-order valence-electron chi connectivity index (χ2n) is 7.01. The Morgan fingerprint density at radius 2 is 1.54 bits per heavy atom. The summed E-state index contributed by atoms with van der Waals surface area (Å²) < 4.78 is 0. The van der Waals surface area contributed by atoms with Gasteiger partial charge in [0.25, 0.3) is 11.8 Å². The van der Waals surface area contributed by atoms with E-state index >= 15 is 0 Å². The third-order valence-corrected chi connectivity index (χ3v) is 5.02. The topological polar surface area (TPSA) is 103 Å². The van der Waals surface area contributed by atoms with E-state index in [-0.39, 0.29) is 6.04 Å². The number of aliphatic hydroxyl groups excluding tert-OH is 2. The van der Waals surface area contributed by atoms with E-state index in [1.165, 1.54) is 4.90 Å². The van der Waals surface area contributed by atoms with Gasteiger partial charge in [0.2, 0.25) is 0 Å². The Labute approximate surface area is 164 Å². The van der Waals surface area contributed by atoms with Crippen molar-refractivity contribution in [1.82, 2.24) is 15.2 Å². The maximum absolute atomic E-state index is 12.3. The van der Waals surface area contributed by atoms with Crippen LogP contribution in [0.15, 0.2) is 48.8 Å². The molecule has 1 aliphatic heterocycles. The summed E-state index contributed by atoms with van der Waals surface area (Å²) in [4.78, 5) is 29.9. The second kappa shape index (κ2) is 8.95. The van der Waals surface area contributed by atoms with Gasteiger partial charge in [-0.3, -0.25) is 14.6 Å². The van der Waals surface area contributed by atoms with Gasteiger partial charge in [-0.2, -0.15) is 0 Å². The standard InChI is InChI=1S/C21H25N3O4/c1-14(15-4-6-16(7-5-15)17-8-10-22-11-9-17)23-20(27)18(25)19(26)21(28)24-12-2-3-13-24/h4-11,14,18-19,25-26H,2-3,12-13H2,1H3,(H,23,27). The highest BCUT2D eigenvalue weighted by molar-refractivity contribution is 5.91. The maximum atomic E-state index is 12.3. The van der Waals surface area contributed by atoms with Crippen molar-refractivity contribution in [2.45, 2.75) is 38.0 Å². The molecule has 0 saturated carbocycles. The number of pyridine rings is 1. The predicted molar refractivity (Wildman–Crippen MR) is 104 cm³/mol. The highest BCUT2D eigenvalue weighted by Gasteiger charge is 2.34. The lowest BCUT2D eigenvalue weighted by molar-refractivity contribution is -0.152. The normalized spacial score (nSPS) is 17.0. The number of rotatable bonds is 6. The Hall–Kier alpha value is -2.77. The first-order valence-electron chi connectivity index (χ1n) is 9.43. The monoisotopic (exact) mass is 383 g/mol. The lowest BCUT2D eigenvalue weighted by Gasteiger charge is -2.24. The van der Waals surface area contributed by atoms with Gasteiger partial charge in [-0.05, 0) is 48.6 Å². The van der Waals surface area contributed by atoms with Gasteiger partial charge in [-0.25, -0.2) is 0 Å². The molecule has 3 unspecified atom stereocenters. The van der Waals surface area contributed by atoms with Crippen molar-refractivity contribution in [2.24, 2.45) is 0 Å². The van der Waals surface area contributed by atoms with Crippen LogP contribution in [-0.2, 0) is 9.59 Å². The fraction of sp³-hybridized carbons (Fsp3) is 0.381. The SMILES string of the molecule is CC(NC(=O)C(O)C(O)C(=O)N1CCCC1)c1ccc(-c2ccncc2)cc1. The molecule has 0 bridgehead atoms. The molecule has 0 aliphatic carbocycles. The van der Waals surface area contributed by atoms with Crippen molar-refractivity contribution in [3.05, 3.63) is 54.4 Å². The van der Waals surface area contributed by atoms with Crippen LogP contribution in [-0.4, -0.2) is 57.2 Å². The van der Waals surface area contributed by atoms with E-state index in [0.29, 0.717) is 13.1 Å². The Morgan fingerprint density at radius 3 is 2.14 bits per heavy atom. The van der Waals surface area contributed by atoms with Crippen molar-refractivity contribution in [3.8, 4) is 11.1 Å². The Balaban J connectivity index is 1.59. The number of likely N-dealkylation sites (tertiary alicyclic amines) is 1. The molecule has 2 heterocycles. The molecule has 1 aromatic carbocycles. The number of aromatic nitrogens is 1. The number of nitrogens with one attached hydrogen (secondary N) is 1. The second-order valence-corrected chi connectivity index (χ2v) is 7.01. The average Bonchev–Trinajstić information content (AvgIpc) is 3.27. The molecule has 28 heavy (non-hydrogen) atoms. The van der Waals surface area contributed by atoms with E-state index < -0.39 is 24.0 Å². The van der Waals surface area contributed by atoms with Gasteiger partial charge in [-0.1, -0.05) is 24.3 Å². The van der Waals surface area contributed by atoms with Crippen LogP contribution in [0.3, 0.4) is 0 Å². The minimum atomic E-state index is -1.80. The summed E-state index contributed by atoms with van der Waals surface area (Å²) in [5.74, 6) is -1.37. The number of amides is 2. The summed E-state index contributed by atoms with van der Waals surface area (Å²) in [5.41, 5.74) is 2.91. The van der Waals surface area contributed by atoms with Crippen molar-refractivity contribution in [1.29, 1.82) is 0 Å². The molecule has 1 fully saturated rings. The van der Waals surface area contributed by atoms with Gasteiger partial charge < -0.3 is 20.4 Å². The minimum absolute atomic E-state index is 0.386. The first-order valence-corrected chi connectivity index (χ1v) is 9.43. The smallest absolute Gasteiger partial charge is 0.254 e. The van der Waals surface area contributed by atoms with Crippen molar-refractivity contribution < 1.29 is 19.8 Å². The first-order chi connectivity index (χ1) is 13.5. The molecule has 1 saturated heterocycles. The van der Waals surface area contributed by atoms with E-state index in [9.17, 15) is 19.8 Å². The molecule has 148 valence electrons. The summed E-state index contributed by atoms with van der Waals surface area (Å²) in [6.45, 7) is 2.87. The van der Waals surface area contributed by atoms with Crippen molar-refractivity contribution >= 4 is 11.8 Å². The molecular formula is C21H25N3O4. The number of hydrogen-bond acceptors (Lipinski definition) is 5. The van der Waals surface area contributed by atoms with E-state index in [0.717, 1.165) is 29.5 Å². The Kier molecular flexibility index (Phi) is 6.38. The zero-order valence-electron chi connectivity index (χ0n) is 15.8. The number of hydrogen-bond donors (Lipinski definition) is 3. The van der Waals surface area contributed by atoms with Crippen molar-refractivity contribution in [2.75, 3.05) is 13.1 Å². The van der Waals surface area contributed by atoms with E-state index in [1.807, 2.05) is 36.4 Å². The molecule has 1 aromatic heterocycles. The summed E-state index contributed by atoms with van der Waals surface area (Å²) in [7, 11) is 0. The summed E-state index contributed by atoms with van der Waals surface area (Å²) >= 11 is 0. The molecule has 3 N–H and O–H groups in total. The fourth-order valence-corrected chi connectivity index (χ4v) is 3.29.